The topological polar surface area (TPSA) is 41.8 Å². The minimum absolute atomic E-state index is 0.834. The van der Waals surface area contributed by atoms with E-state index >= 15 is 0 Å². The molecule has 1 N–H and O–H groups in total. The lowest BCUT2D eigenvalue weighted by Crippen LogP contribution is -2.32. The van der Waals surface area contributed by atoms with Crippen LogP contribution >= 0.6 is 0 Å². The minimum Gasteiger partial charge on any atom is -0.496 e. The van der Waals surface area contributed by atoms with E-state index in [0.29, 0.717) is 0 Å². The highest BCUT2D eigenvalue weighted by Gasteiger charge is 2.18. The highest BCUT2D eigenvalue weighted by atomic mass is 16.5. The zero-order valence-corrected chi connectivity index (χ0v) is 10.0. The third-order valence-electron chi connectivity index (χ3n) is 2.70. The number of hydrogen-bond acceptors (Lipinski definition) is 2. The fraction of sp³-hybridized carbons (Fsp3) is 0.333. The summed E-state index contributed by atoms with van der Waals surface area (Å²) in [5, 5.41) is 3.19. The molecule has 4 nitrogen and oxygen atoms in total. The van der Waals surface area contributed by atoms with Crippen molar-refractivity contribution in [3.8, 4) is 17.1 Å². The average Bonchev–Trinajstić information content (AvgIpc) is 2.59. The molecule has 0 saturated heterocycles. The number of benzene rings is 1. The average molecular weight is 218 g/mol. The summed E-state index contributed by atoms with van der Waals surface area (Å²) in [6.45, 7) is 3.99. The number of methoxy groups -OCH3 is 1. The van der Waals surface area contributed by atoms with Crippen molar-refractivity contribution in [1.82, 2.24) is 10.1 Å². The second-order valence-corrected chi connectivity index (χ2v) is 3.83. The number of aryl methyl sites for hydroxylation is 3. The largest absolute Gasteiger partial charge is 0.496 e. The fourth-order valence-electron chi connectivity index (χ4n) is 1.73. The number of ether oxygens (including phenoxy) is 1. The van der Waals surface area contributed by atoms with E-state index in [1.807, 2.05) is 43.8 Å². The molecule has 1 heterocycles. The van der Waals surface area contributed by atoms with Crippen LogP contribution in [0.4, 0.5) is 0 Å². The van der Waals surface area contributed by atoms with Crippen LogP contribution in [0.2, 0.25) is 0 Å². The van der Waals surface area contributed by atoms with Gasteiger partial charge < -0.3 is 4.74 Å². The molecule has 0 aliphatic heterocycles. The first-order chi connectivity index (χ1) is 7.63. The fourth-order valence-corrected chi connectivity index (χ4v) is 1.73. The molecule has 4 heteroatoms. The molecular weight excluding hydrogens is 202 g/mol. The van der Waals surface area contributed by atoms with Crippen LogP contribution in [0.25, 0.3) is 11.4 Å². The first-order valence-electron chi connectivity index (χ1n) is 5.20. The molecule has 16 heavy (non-hydrogen) atoms. The van der Waals surface area contributed by atoms with Crippen molar-refractivity contribution in [3.63, 3.8) is 0 Å². The Bertz CT molecular complexity index is 497. The molecular formula is C12H16N3O+. The van der Waals surface area contributed by atoms with E-state index in [4.69, 9.17) is 4.74 Å². The van der Waals surface area contributed by atoms with E-state index in [1.54, 1.807) is 7.11 Å². The van der Waals surface area contributed by atoms with Crippen LogP contribution in [0.1, 0.15) is 11.4 Å². The monoisotopic (exact) mass is 218 g/mol. The van der Waals surface area contributed by atoms with Crippen molar-refractivity contribution in [2.45, 2.75) is 13.8 Å². The molecule has 84 valence electrons. The molecule has 0 saturated carbocycles. The zero-order chi connectivity index (χ0) is 11.7. The SMILES string of the molecule is COc1c(C)cccc1-c1nc(C)[n+](C)[nH]1. The van der Waals surface area contributed by atoms with Gasteiger partial charge in [-0.2, -0.15) is 9.78 Å². The maximum atomic E-state index is 5.41. The van der Waals surface area contributed by atoms with Crippen LogP contribution in [0.3, 0.4) is 0 Å². The molecule has 1 aromatic carbocycles. The Morgan fingerprint density at radius 2 is 2.06 bits per heavy atom. The summed E-state index contributed by atoms with van der Waals surface area (Å²) in [5.41, 5.74) is 2.10. The normalized spacial score (nSPS) is 10.5. The van der Waals surface area contributed by atoms with Crippen LogP contribution in [0, 0.1) is 13.8 Å². The Kier molecular flexibility index (Phi) is 2.64. The molecule has 0 unspecified atom stereocenters. The van der Waals surface area contributed by atoms with E-state index in [9.17, 15) is 0 Å². The van der Waals surface area contributed by atoms with Crippen LogP contribution in [-0.4, -0.2) is 17.2 Å². The van der Waals surface area contributed by atoms with E-state index in [0.717, 1.165) is 28.5 Å². The Labute approximate surface area is 94.9 Å². The number of aromatic nitrogens is 3. The lowest BCUT2D eigenvalue weighted by atomic mass is 10.1. The van der Waals surface area contributed by atoms with E-state index < -0.39 is 0 Å². The summed E-state index contributed by atoms with van der Waals surface area (Å²) in [7, 11) is 3.62. The second-order valence-electron chi connectivity index (χ2n) is 3.83. The highest BCUT2D eigenvalue weighted by Crippen LogP contribution is 2.29. The van der Waals surface area contributed by atoms with Gasteiger partial charge >= 0.3 is 5.82 Å². The van der Waals surface area contributed by atoms with E-state index in [-0.39, 0.29) is 0 Å². The Morgan fingerprint density at radius 1 is 1.31 bits per heavy atom. The lowest BCUT2D eigenvalue weighted by Gasteiger charge is -2.06. The van der Waals surface area contributed by atoms with Gasteiger partial charge in [-0.25, -0.2) is 0 Å². The number of nitrogens with zero attached hydrogens (tertiary/aromatic N) is 2. The maximum absolute atomic E-state index is 5.41. The van der Waals surface area contributed by atoms with Gasteiger partial charge in [-0.05, 0) is 23.5 Å². The summed E-state index contributed by atoms with van der Waals surface area (Å²) in [5.74, 6) is 2.65. The lowest BCUT2D eigenvalue weighted by molar-refractivity contribution is -0.733. The van der Waals surface area contributed by atoms with Gasteiger partial charge in [0.1, 0.15) is 12.8 Å². The predicted octanol–water partition coefficient (Wildman–Crippen LogP) is 1.53. The molecule has 0 radical (unpaired) electrons. The number of aromatic amines is 1. The van der Waals surface area contributed by atoms with E-state index in [2.05, 4.69) is 10.1 Å². The van der Waals surface area contributed by atoms with Crippen LogP contribution in [0.5, 0.6) is 5.75 Å². The van der Waals surface area contributed by atoms with Crippen molar-refractivity contribution in [2.24, 2.45) is 7.05 Å². The second kappa shape index (κ2) is 3.96. The molecule has 2 rings (SSSR count). The Morgan fingerprint density at radius 3 is 2.62 bits per heavy atom. The molecule has 0 aliphatic carbocycles. The Balaban J connectivity index is 2.59. The smallest absolute Gasteiger partial charge is 0.316 e. The summed E-state index contributed by atoms with van der Waals surface area (Å²) in [4.78, 5) is 4.46. The first kappa shape index (κ1) is 10.7. The van der Waals surface area contributed by atoms with Gasteiger partial charge in [-0.15, -0.1) is 0 Å². The Hall–Kier alpha value is -1.84. The molecule has 0 bridgehead atoms. The summed E-state index contributed by atoms with van der Waals surface area (Å²) in [6.07, 6.45) is 0. The molecule has 0 fully saturated rings. The predicted molar refractivity (Wildman–Crippen MR) is 61.2 cm³/mol. The summed E-state index contributed by atoms with van der Waals surface area (Å²) >= 11 is 0. The first-order valence-corrected chi connectivity index (χ1v) is 5.20. The van der Waals surface area contributed by atoms with Gasteiger partial charge in [-0.1, -0.05) is 12.1 Å². The van der Waals surface area contributed by atoms with Gasteiger partial charge in [0.2, 0.25) is 0 Å². The molecule has 1 aromatic heterocycles. The van der Waals surface area contributed by atoms with Gasteiger partial charge in [-0.3, -0.25) is 0 Å². The molecule has 0 spiro atoms. The van der Waals surface area contributed by atoms with Crippen LogP contribution < -0.4 is 9.42 Å². The van der Waals surface area contributed by atoms with Gasteiger partial charge in [0.15, 0.2) is 0 Å². The zero-order valence-electron chi connectivity index (χ0n) is 10.0. The number of rotatable bonds is 2. The minimum atomic E-state index is 0.834. The third-order valence-corrected chi connectivity index (χ3v) is 2.70. The standard InChI is InChI=1S/C12H15N3O/c1-8-6-5-7-10(11(8)16-4)12-13-9(2)15(3)14-12/h5-7H,1-4H3/p+1. The summed E-state index contributed by atoms with van der Waals surface area (Å²) in [6, 6.07) is 6.03. The third kappa shape index (κ3) is 1.66. The highest BCUT2D eigenvalue weighted by molar-refractivity contribution is 5.65. The van der Waals surface area contributed by atoms with Crippen molar-refractivity contribution < 1.29 is 9.42 Å². The van der Waals surface area contributed by atoms with Crippen molar-refractivity contribution >= 4 is 0 Å². The van der Waals surface area contributed by atoms with Gasteiger partial charge in [0.05, 0.1) is 12.7 Å². The maximum Gasteiger partial charge on any atom is 0.316 e. The van der Waals surface area contributed by atoms with Crippen molar-refractivity contribution in [3.05, 3.63) is 29.6 Å². The molecule has 0 aliphatic rings. The quantitative estimate of drug-likeness (QED) is 0.777. The number of hydrogen-bond donors (Lipinski definition) is 1. The number of para-hydroxylation sites is 1. The van der Waals surface area contributed by atoms with Crippen LogP contribution in [-0.2, 0) is 7.05 Å². The molecule has 0 atom stereocenters. The van der Waals surface area contributed by atoms with Crippen LogP contribution in [0.15, 0.2) is 18.2 Å². The molecule has 0 amide bonds. The summed E-state index contributed by atoms with van der Waals surface area (Å²) < 4.78 is 7.30. The van der Waals surface area contributed by atoms with Crippen molar-refractivity contribution in [2.75, 3.05) is 7.11 Å². The van der Waals surface area contributed by atoms with Gasteiger partial charge in [0.25, 0.3) is 5.82 Å². The number of nitrogens with one attached hydrogen (secondary N) is 1. The van der Waals surface area contributed by atoms with Gasteiger partial charge in [0, 0.05) is 6.92 Å². The van der Waals surface area contributed by atoms with Crippen molar-refractivity contribution in [1.29, 1.82) is 0 Å². The molecule has 2 aromatic rings. The van der Waals surface area contributed by atoms with E-state index in [1.165, 1.54) is 0 Å². The number of H-pyrrole nitrogens is 1.